The largest absolute Gasteiger partial charge is 0.435 e. The summed E-state index contributed by atoms with van der Waals surface area (Å²) in [5, 5.41) is 9.77. The molecule has 2 N–H and O–H groups in total. The van der Waals surface area contributed by atoms with E-state index in [-0.39, 0.29) is 36.1 Å². The van der Waals surface area contributed by atoms with Gasteiger partial charge in [0.25, 0.3) is 0 Å². The number of rotatable bonds is 9. The number of halogens is 4. The minimum atomic E-state index is -4.48. The van der Waals surface area contributed by atoms with Crippen LogP contribution in [0.2, 0.25) is 0 Å². The summed E-state index contributed by atoms with van der Waals surface area (Å²) in [4.78, 5) is 6.69. The van der Waals surface area contributed by atoms with Gasteiger partial charge in [0, 0.05) is 50.5 Å². The molecule has 1 aromatic rings. The van der Waals surface area contributed by atoms with Crippen molar-refractivity contribution in [2.24, 2.45) is 12.0 Å². The van der Waals surface area contributed by atoms with E-state index >= 15 is 0 Å². The number of alkyl halides is 3. The van der Waals surface area contributed by atoms with Crippen LogP contribution in [0, 0.1) is 0 Å². The summed E-state index contributed by atoms with van der Waals surface area (Å²) in [6.07, 6.45) is -2.20. The van der Waals surface area contributed by atoms with Crippen LogP contribution >= 0.6 is 24.0 Å². The molecule has 0 fully saturated rings. The normalized spacial score (nSPS) is 12.6. The number of nitrogens with zero attached hydrogens (tertiary/aromatic N) is 4. The molecule has 0 aliphatic heterocycles. The summed E-state index contributed by atoms with van der Waals surface area (Å²) in [5.74, 6) is 0.509. The average Bonchev–Trinajstić information content (AvgIpc) is 2.92. The van der Waals surface area contributed by atoms with Gasteiger partial charge in [0.2, 0.25) is 0 Å². The van der Waals surface area contributed by atoms with E-state index < -0.39 is 11.9 Å². The fraction of sp³-hybridized carbons (Fsp3) is 0.778. The predicted octanol–water partition coefficient (Wildman–Crippen LogP) is 3.62. The van der Waals surface area contributed by atoms with Gasteiger partial charge >= 0.3 is 6.18 Å². The molecule has 0 spiro atoms. The molecule has 0 saturated carbocycles. The van der Waals surface area contributed by atoms with E-state index in [0.29, 0.717) is 31.1 Å². The lowest BCUT2D eigenvalue weighted by Gasteiger charge is -2.30. The van der Waals surface area contributed by atoms with Crippen LogP contribution < -0.4 is 10.6 Å². The zero-order valence-electron chi connectivity index (χ0n) is 17.6. The van der Waals surface area contributed by atoms with Gasteiger partial charge in [-0.15, -0.1) is 24.0 Å². The van der Waals surface area contributed by atoms with Crippen molar-refractivity contribution >= 4 is 29.9 Å². The van der Waals surface area contributed by atoms with Crippen molar-refractivity contribution in [1.82, 2.24) is 25.3 Å². The smallest absolute Gasteiger partial charge is 0.357 e. The van der Waals surface area contributed by atoms with E-state index in [9.17, 15) is 13.2 Å². The third-order valence-electron chi connectivity index (χ3n) is 4.14. The van der Waals surface area contributed by atoms with Crippen molar-refractivity contribution in [2.75, 3.05) is 19.6 Å². The second-order valence-electron chi connectivity index (χ2n) is 7.08. The number of hydrogen-bond acceptors (Lipinski definition) is 3. The Balaban J connectivity index is 0.00000729. The van der Waals surface area contributed by atoms with Gasteiger partial charge < -0.3 is 10.6 Å². The first-order valence-electron chi connectivity index (χ1n) is 9.43. The summed E-state index contributed by atoms with van der Waals surface area (Å²) in [6, 6.07) is 0.941. The second kappa shape index (κ2) is 12.5. The monoisotopic (exact) mass is 518 g/mol. The van der Waals surface area contributed by atoms with Crippen LogP contribution in [-0.4, -0.2) is 52.4 Å². The molecule has 10 heteroatoms. The Bertz CT molecular complexity index is 591. The van der Waals surface area contributed by atoms with Gasteiger partial charge in [0.15, 0.2) is 11.7 Å². The highest BCUT2D eigenvalue weighted by atomic mass is 127. The highest BCUT2D eigenvalue weighted by molar-refractivity contribution is 14.0. The maximum Gasteiger partial charge on any atom is 0.435 e. The van der Waals surface area contributed by atoms with E-state index in [4.69, 9.17) is 0 Å². The summed E-state index contributed by atoms with van der Waals surface area (Å²) in [7, 11) is 1.47. The van der Waals surface area contributed by atoms with E-state index in [1.165, 1.54) is 17.9 Å². The molecule has 0 unspecified atom stereocenters. The lowest BCUT2D eigenvalue weighted by Crippen LogP contribution is -2.41. The SMILES string of the molecule is CCNC(=NCc1cn(C)nc1C(F)(F)F)NCCCN(C(C)C)C(C)C.I. The zero-order valence-corrected chi connectivity index (χ0v) is 19.9. The minimum Gasteiger partial charge on any atom is -0.357 e. The Morgan fingerprint density at radius 3 is 2.32 bits per heavy atom. The van der Waals surface area contributed by atoms with Crippen molar-refractivity contribution in [2.45, 2.75) is 65.8 Å². The number of aromatic nitrogens is 2. The predicted molar refractivity (Wildman–Crippen MR) is 118 cm³/mol. The minimum absolute atomic E-state index is 0. The molecule has 28 heavy (non-hydrogen) atoms. The van der Waals surface area contributed by atoms with Crippen LogP contribution in [0.1, 0.15) is 52.3 Å². The van der Waals surface area contributed by atoms with E-state index in [2.05, 4.69) is 53.3 Å². The molecule has 0 amide bonds. The average molecular weight is 518 g/mol. The first-order valence-corrected chi connectivity index (χ1v) is 9.43. The van der Waals surface area contributed by atoms with E-state index in [0.717, 1.165) is 13.0 Å². The molecule has 0 atom stereocenters. The summed E-state index contributed by atoms with van der Waals surface area (Å²) in [6.45, 7) is 12.8. The van der Waals surface area contributed by atoms with Gasteiger partial charge in [0.1, 0.15) is 0 Å². The lowest BCUT2D eigenvalue weighted by atomic mass is 10.2. The third-order valence-corrected chi connectivity index (χ3v) is 4.14. The van der Waals surface area contributed by atoms with Crippen LogP contribution in [0.5, 0.6) is 0 Å². The van der Waals surface area contributed by atoms with Gasteiger partial charge in [-0.1, -0.05) is 0 Å². The van der Waals surface area contributed by atoms with E-state index in [1.54, 1.807) is 0 Å². The van der Waals surface area contributed by atoms with Crippen molar-refractivity contribution in [3.8, 4) is 0 Å². The van der Waals surface area contributed by atoms with Crippen LogP contribution in [0.4, 0.5) is 13.2 Å². The summed E-state index contributed by atoms with van der Waals surface area (Å²) in [5.41, 5.74) is -0.817. The number of aliphatic imine (C=N–C) groups is 1. The molecular weight excluding hydrogens is 484 g/mol. The molecule has 0 saturated heterocycles. The Hall–Kier alpha value is -1.04. The van der Waals surface area contributed by atoms with Crippen LogP contribution in [0.25, 0.3) is 0 Å². The fourth-order valence-corrected chi connectivity index (χ4v) is 2.98. The third kappa shape index (κ3) is 8.97. The molecule has 1 aromatic heterocycles. The summed E-state index contributed by atoms with van der Waals surface area (Å²) < 4.78 is 40.3. The molecule has 6 nitrogen and oxygen atoms in total. The highest BCUT2D eigenvalue weighted by Crippen LogP contribution is 2.30. The number of guanidine groups is 1. The first kappa shape index (κ1) is 27.0. The number of hydrogen-bond donors (Lipinski definition) is 2. The molecule has 1 heterocycles. The molecule has 0 aromatic carbocycles. The van der Waals surface area contributed by atoms with Crippen molar-refractivity contribution in [3.63, 3.8) is 0 Å². The number of aryl methyl sites for hydroxylation is 1. The van der Waals surface area contributed by atoms with E-state index in [1.807, 2.05) is 6.92 Å². The summed E-state index contributed by atoms with van der Waals surface area (Å²) >= 11 is 0. The lowest BCUT2D eigenvalue weighted by molar-refractivity contribution is -0.142. The maximum atomic E-state index is 13.0. The van der Waals surface area contributed by atoms with Crippen LogP contribution in [0.3, 0.4) is 0 Å². The Morgan fingerprint density at radius 2 is 1.82 bits per heavy atom. The van der Waals surface area contributed by atoms with Gasteiger partial charge in [-0.2, -0.15) is 18.3 Å². The molecule has 0 radical (unpaired) electrons. The molecule has 0 bridgehead atoms. The van der Waals surface area contributed by atoms with Gasteiger partial charge in [-0.05, 0) is 41.0 Å². The molecule has 0 aliphatic rings. The van der Waals surface area contributed by atoms with Gasteiger partial charge in [-0.25, -0.2) is 4.99 Å². The van der Waals surface area contributed by atoms with Gasteiger partial charge in [-0.3, -0.25) is 9.58 Å². The van der Waals surface area contributed by atoms with Crippen LogP contribution in [-0.2, 0) is 19.8 Å². The first-order chi connectivity index (χ1) is 12.6. The van der Waals surface area contributed by atoms with Crippen molar-refractivity contribution in [3.05, 3.63) is 17.5 Å². The molecular formula is C18H34F3IN6. The van der Waals surface area contributed by atoms with Crippen LogP contribution in [0.15, 0.2) is 11.2 Å². The zero-order chi connectivity index (χ0) is 20.6. The topological polar surface area (TPSA) is 57.5 Å². The van der Waals surface area contributed by atoms with Gasteiger partial charge in [0.05, 0.1) is 6.54 Å². The quantitative estimate of drug-likeness (QED) is 0.227. The highest BCUT2D eigenvalue weighted by Gasteiger charge is 2.36. The Kier molecular flexibility index (Phi) is 12.0. The maximum absolute atomic E-state index is 13.0. The Morgan fingerprint density at radius 1 is 1.21 bits per heavy atom. The fourth-order valence-electron chi connectivity index (χ4n) is 2.98. The Labute approximate surface area is 183 Å². The van der Waals surface area contributed by atoms with Crippen molar-refractivity contribution < 1.29 is 13.2 Å². The standard InChI is InChI=1S/C18H33F3N6.HI/c1-7-22-17(23-9-8-10-27(13(2)3)14(4)5)24-11-15-12-26(6)25-16(15)18(19,20)21;/h12-14H,7-11H2,1-6H3,(H2,22,23,24);1H. The second-order valence-corrected chi connectivity index (χ2v) is 7.08. The molecule has 1 rings (SSSR count). The van der Waals surface area contributed by atoms with Crippen molar-refractivity contribution in [1.29, 1.82) is 0 Å². The molecule has 0 aliphatic carbocycles. The number of nitrogens with one attached hydrogen (secondary N) is 2. The molecule has 164 valence electrons.